The van der Waals surface area contributed by atoms with E-state index in [0.717, 1.165) is 11.3 Å². The van der Waals surface area contributed by atoms with Crippen molar-refractivity contribution in [2.45, 2.75) is 31.6 Å². The van der Waals surface area contributed by atoms with E-state index >= 15 is 0 Å². The highest BCUT2D eigenvalue weighted by molar-refractivity contribution is 7.99. The number of allylic oxidation sites excluding steroid dienone is 1. The van der Waals surface area contributed by atoms with E-state index in [-0.39, 0.29) is 17.6 Å². The molecule has 32 heavy (non-hydrogen) atoms. The predicted molar refractivity (Wildman–Crippen MR) is 128 cm³/mol. The van der Waals surface area contributed by atoms with Crippen LogP contribution in [0.2, 0.25) is 5.02 Å². The van der Waals surface area contributed by atoms with Gasteiger partial charge in [-0.25, -0.2) is 0 Å². The molecule has 3 rings (SSSR count). The maximum absolute atomic E-state index is 12.5. The molecule has 0 aliphatic rings. The number of hydrogen-bond donors (Lipinski definition) is 2. The number of halogens is 1. The van der Waals surface area contributed by atoms with Crippen LogP contribution in [0.15, 0.2) is 66.3 Å². The number of thioether (sulfide) groups is 1. The number of amides is 2. The average Bonchev–Trinajstić information content (AvgIpc) is 3.17. The summed E-state index contributed by atoms with van der Waals surface area (Å²) in [6.07, 6.45) is 1.72. The molecule has 0 bridgehead atoms. The zero-order valence-electron chi connectivity index (χ0n) is 17.8. The molecule has 0 radical (unpaired) electrons. The summed E-state index contributed by atoms with van der Waals surface area (Å²) in [5.74, 6) is 0.370. The summed E-state index contributed by atoms with van der Waals surface area (Å²) in [6, 6.07) is 13.9. The van der Waals surface area contributed by atoms with Crippen molar-refractivity contribution >= 4 is 40.9 Å². The Bertz CT molecular complexity index is 1100. The van der Waals surface area contributed by atoms with Gasteiger partial charge in [-0.15, -0.1) is 16.8 Å². The van der Waals surface area contributed by atoms with Gasteiger partial charge in [0, 0.05) is 22.8 Å². The number of rotatable bonds is 9. The van der Waals surface area contributed by atoms with Gasteiger partial charge < -0.3 is 15.2 Å². The highest BCUT2D eigenvalue weighted by atomic mass is 35.5. The summed E-state index contributed by atoms with van der Waals surface area (Å²) in [5, 5.41) is 15.4. The topological polar surface area (TPSA) is 88.9 Å². The quantitative estimate of drug-likeness (QED) is 0.352. The van der Waals surface area contributed by atoms with Gasteiger partial charge in [0.1, 0.15) is 0 Å². The third-order valence-corrected chi connectivity index (χ3v) is 5.78. The van der Waals surface area contributed by atoms with E-state index in [9.17, 15) is 9.59 Å². The minimum absolute atomic E-state index is 0.141. The van der Waals surface area contributed by atoms with Crippen molar-refractivity contribution in [2.75, 3.05) is 11.1 Å². The Balaban J connectivity index is 1.65. The van der Waals surface area contributed by atoms with E-state index in [4.69, 9.17) is 11.6 Å². The van der Waals surface area contributed by atoms with Crippen molar-refractivity contribution in [3.63, 3.8) is 0 Å². The van der Waals surface area contributed by atoms with Crippen LogP contribution in [0, 0.1) is 6.92 Å². The normalized spacial score (nSPS) is 11.6. The van der Waals surface area contributed by atoms with Crippen LogP contribution in [-0.2, 0) is 11.3 Å². The van der Waals surface area contributed by atoms with Gasteiger partial charge in [-0.05, 0) is 50.2 Å². The first-order chi connectivity index (χ1) is 15.4. The van der Waals surface area contributed by atoms with E-state index < -0.39 is 6.04 Å². The molecule has 3 aromatic rings. The van der Waals surface area contributed by atoms with Crippen LogP contribution in [0.5, 0.6) is 0 Å². The lowest BCUT2D eigenvalue weighted by atomic mass is 10.2. The van der Waals surface area contributed by atoms with Crippen LogP contribution < -0.4 is 10.6 Å². The molecule has 7 nitrogen and oxygen atoms in total. The highest BCUT2D eigenvalue weighted by Crippen LogP contribution is 2.22. The standard InChI is InChI=1S/C23H24ClN5O2S/c1-4-13-29-21(16(3)25-22(31)17-7-9-18(24)10-8-17)27-28-23(29)32-14-20(30)26-19-11-5-15(2)6-12-19/h4-12,16H,1,13-14H2,2-3H3,(H,25,31)(H,26,30)/t16-/m1/s1. The maximum atomic E-state index is 12.5. The number of hydrogen-bond acceptors (Lipinski definition) is 5. The van der Waals surface area contributed by atoms with Gasteiger partial charge in [-0.2, -0.15) is 0 Å². The van der Waals surface area contributed by atoms with Gasteiger partial charge >= 0.3 is 0 Å². The summed E-state index contributed by atoms with van der Waals surface area (Å²) >= 11 is 7.16. The van der Waals surface area contributed by atoms with E-state index in [1.54, 1.807) is 30.3 Å². The van der Waals surface area contributed by atoms with Gasteiger partial charge in [0.25, 0.3) is 5.91 Å². The summed E-state index contributed by atoms with van der Waals surface area (Å²) < 4.78 is 1.84. The second-order valence-electron chi connectivity index (χ2n) is 7.14. The smallest absolute Gasteiger partial charge is 0.251 e. The van der Waals surface area contributed by atoms with Gasteiger partial charge in [-0.3, -0.25) is 9.59 Å². The van der Waals surface area contributed by atoms with Gasteiger partial charge in [-0.1, -0.05) is 47.1 Å². The molecule has 1 aromatic heterocycles. The largest absolute Gasteiger partial charge is 0.342 e. The molecule has 166 valence electrons. The van der Waals surface area contributed by atoms with Crippen molar-refractivity contribution in [1.82, 2.24) is 20.1 Å². The molecule has 0 saturated carbocycles. The van der Waals surface area contributed by atoms with Crippen LogP contribution in [0.1, 0.15) is 34.7 Å². The summed E-state index contributed by atoms with van der Waals surface area (Å²) in [4.78, 5) is 24.9. The first-order valence-electron chi connectivity index (χ1n) is 9.97. The molecular formula is C23H24ClN5O2S. The molecule has 2 aromatic carbocycles. The Kier molecular flexibility index (Phi) is 8.08. The molecule has 0 spiro atoms. The summed E-state index contributed by atoms with van der Waals surface area (Å²) in [6.45, 7) is 8.06. The molecule has 1 atom stereocenters. The van der Waals surface area contributed by atoms with E-state index in [1.807, 2.05) is 42.7 Å². The lowest BCUT2D eigenvalue weighted by Gasteiger charge is -2.15. The number of carbonyl (C=O) groups excluding carboxylic acids is 2. The lowest BCUT2D eigenvalue weighted by Crippen LogP contribution is -2.28. The Morgan fingerprint density at radius 1 is 1.16 bits per heavy atom. The minimum atomic E-state index is -0.402. The maximum Gasteiger partial charge on any atom is 0.251 e. The number of nitrogens with zero attached hydrogens (tertiary/aromatic N) is 3. The SMILES string of the molecule is C=CCn1c(SCC(=O)Nc2ccc(C)cc2)nnc1[C@@H](C)NC(=O)c1ccc(Cl)cc1. The second-order valence-corrected chi connectivity index (χ2v) is 8.52. The third-order valence-electron chi connectivity index (χ3n) is 4.57. The van der Waals surface area contributed by atoms with Crippen molar-refractivity contribution in [2.24, 2.45) is 0 Å². The molecule has 0 unspecified atom stereocenters. The zero-order valence-corrected chi connectivity index (χ0v) is 19.4. The predicted octanol–water partition coefficient (Wildman–Crippen LogP) is 4.65. The molecule has 9 heteroatoms. The number of nitrogens with one attached hydrogen (secondary N) is 2. The fraction of sp³-hybridized carbons (Fsp3) is 0.217. The van der Waals surface area contributed by atoms with E-state index in [1.165, 1.54) is 11.8 Å². The zero-order chi connectivity index (χ0) is 23.1. The van der Waals surface area contributed by atoms with Gasteiger partial charge in [0.2, 0.25) is 5.91 Å². The molecular weight excluding hydrogens is 446 g/mol. The van der Waals surface area contributed by atoms with Crippen molar-refractivity contribution in [3.05, 3.63) is 83.2 Å². The number of anilines is 1. The third kappa shape index (κ3) is 6.21. The monoisotopic (exact) mass is 469 g/mol. The Morgan fingerprint density at radius 2 is 1.84 bits per heavy atom. The van der Waals surface area contributed by atoms with Crippen LogP contribution in [-0.4, -0.2) is 32.3 Å². The fourth-order valence-corrected chi connectivity index (χ4v) is 3.82. The molecule has 1 heterocycles. The molecule has 2 N–H and O–H groups in total. The average molecular weight is 470 g/mol. The highest BCUT2D eigenvalue weighted by Gasteiger charge is 2.20. The Labute approximate surface area is 196 Å². The van der Waals surface area contributed by atoms with Crippen LogP contribution in [0.25, 0.3) is 0 Å². The number of carbonyl (C=O) groups is 2. The summed E-state index contributed by atoms with van der Waals surface area (Å²) in [7, 11) is 0. The molecule has 0 saturated heterocycles. The van der Waals surface area contributed by atoms with Crippen molar-refractivity contribution in [3.8, 4) is 0 Å². The van der Waals surface area contributed by atoms with Crippen LogP contribution in [0.4, 0.5) is 5.69 Å². The first-order valence-corrected chi connectivity index (χ1v) is 11.3. The molecule has 0 fully saturated rings. The van der Waals surface area contributed by atoms with E-state index in [0.29, 0.717) is 28.1 Å². The molecule has 0 aliphatic heterocycles. The van der Waals surface area contributed by atoms with Crippen molar-refractivity contribution < 1.29 is 9.59 Å². The fourth-order valence-electron chi connectivity index (χ4n) is 2.94. The number of benzene rings is 2. The Hall–Kier alpha value is -3.10. The van der Waals surface area contributed by atoms with Crippen LogP contribution >= 0.6 is 23.4 Å². The first kappa shape index (κ1) is 23.6. The van der Waals surface area contributed by atoms with Crippen molar-refractivity contribution in [1.29, 1.82) is 0 Å². The number of aryl methyl sites for hydroxylation is 1. The van der Waals surface area contributed by atoms with Gasteiger partial charge in [0.15, 0.2) is 11.0 Å². The minimum Gasteiger partial charge on any atom is -0.342 e. The lowest BCUT2D eigenvalue weighted by molar-refractivity contribution is -0.113. The molecule has 0 aliphatic carbocycles. The van der Waals surface area contributed by atoms with Crippen LogP contribution in [0.3, 0.4) is 0 Å². The Morgan fingerprint density at radius 3 is 2.50 bits per heavy atom. The van der Waals surface area contributed by atoms with E-state index in [2.05, 4.69) is 27.4 Å². The second kappa shape index (κ2) is 11.0. The number of aromatic nitrogens is 3. The van der Waals surface area contributed by atoms with Gasteiger partial charge in [0.05, 0.1) is 11.8 Å². The summed E-state index contributed by atoms with van der Waals surface area (Å²) in [5.41, 5.74) is 2.37. The molecule has 2 amide bonds.